The molecule has 0 radical (unpaired) electrons. The predicted octanol–water partition coefficient (Wildman–Crippen LogP) is 1.57. The van der Waals surface area contributed by atoms with Crippen LogP contribution >= 0.6 is 11.5 Å². The zero-order valence-electron chi connectivity index (χ0n) is 7.64. The molecular formula is C9H14N2OS. The third-order valence-electron chi connectivity index (χ3n) is 2.70. The van der Waals surface area contributed by atoms with Crippen molar-refractivity contribution in [3.8, 4) is 0 Å². The molecule has 3 unspecified atom stereocenters. The Labute approximate surface area is 82.1 Å². The number of rotatable bonds is 2. The van der Waals surface area contributed by atoms with Crippen molar-refractivity contribution < 1.29 is 4.74 Å². The lowest BCUT2D eigenvalue weighted by atomic mass is 9.92. The molecule has 1 aromatic rings. The summed E-state index contributed by atoms with van der Waals surface area (Å²) in [5.74, 6) is 0.432. The fourth-order valence-corrected chi connectivity index (χ4v) is 2.40. The van der Waals surface area contributed by atoms with Crippen molar-refractivity contribution in [2.24, 2.45) is 11.7 Å². The van der Waals surface area contributed by atoms with E-state index in [0.29, 0.717) is 5.92 Å². The molecule has 4 heteroatoms. The van der Waals surface area contributed by atoms with Crippen LogP contribution in [0, 0.1) is 5.92 Å². The highest BCUT2D eigenvalue weighted by atomic mass is 32.1. The summed E-state index contributed by atoms with van der Waals surface area (Å²) in [4.78, 5) is 0. The highest BCUT2D eigenvalue weighted by Crippen LogP contribution is 2.30. The zero-order chi connectivity index (χ0) is 9.26. The first kappa shape index (κ1) is 9.12. The van der Waals surface area contributed by atoms with Crippen molar-refractivity contribution >= 4 is 11.5 Å². The van der Waals surface area contributed by atoms with Crippen LogP contribution in [-0.2, 0) is 4.74 Å². The van der Waals surface area contributed by atoms with E-state index in [1.165, 1.54) is 11.5 Å². The molecule has 2 rings (SSSR count). The second-order valence-electron chi connectivity index (χ2n) is 3.48. The summed E-state index contributed by atoms with van der Waals surface area (Å²) >= 11 is 1.46. The number of hydrogen-bond donors (Lipinski definition) is 1. The molecule has 0 amide bonds. The molecular weight excluding hydrogens is 184 g/mol. The summed E-state index contributed by atoms with van der Waals surface area (Å²) < 4.78 is 9.74. The van der Waals surface area contributed by atoms with E-state index in [9.17, 15) is 0 Å². The highest BCUT2D eigenvalue weighted by Gasteiger charge is 2.31. The van der Waals surface area contributed by atoms with Gasteiger partial charge in [-0.15, -0.1) is 0 Å². The lowest BCUT2D eigenvalue weighted by molar-refractivity contribution is 0.0992. The summed E-state index contributed by atoms with van der Waals surface area (Å²) in [7, 11) is 0. The Morgan fingerprint density at radius 2 is 2.62 bits per heavy atom. The third-order valence-corrected chi connectivity index (χ3v) is 3.27. The topological polar surface area (TPSA) is 48.1 Å². The van der Waals surface area contributed by atoms with Gasteiger partial charge in [0.05, 0.1) is 17.8 Å². The quantitative estimate of drug-likeness (QED) is 0.784. The Hall–Kier alpha value is -0.450. The van der Waals surface area contributed by atoms with Gasteiger partial charge in [0.15, 0.2) is 0 Å². The number of nitrogens with zero attached hydrogens (tertiary/aromatic N) is 1. The molecule has 1 saturated heterocycles. The molecule has 72 valence electrons. The van der Waals surface area contributed by atoms with Gasteiger partial charge in [0.25, 0.3) is 0 Å². The van der Waals surface area contributed by atoms with Gasteiger partial charge in [0, 0.05) is 17.9 Å². The molecule has 2 heterocycles. The van der Waals surface area contributed by atoms with E-state index in [4.69, 9.17) is 10.5 Å². The Morgan fingerprint density at radius 1 is 1.77 bits per heavy atom. The number of nitrogens with two attached hydrogens (primary N) is 1. The first-order valence-electron chi connectivity index (χ1n) is 4.56. The second kappa shape index (κ2) is 3.74. The minimum atomic E-state index is 0.0451. The monoisotopic (exact) mass is 198 g/mol. The van der Waals surface area contributed by atoms with Gasteiger partial charge in [-0.25, -0.2) is 0 Å². The summed E-state index contributed by atoms with van der Waals surface area (Å²) in [5.41, 5.74) is 7.11. The van der Waals surface area contributed by atoms with Crippen molar-refractivity contribution in [3.63, 3.8) is 0 Å². The molecule has 0 saturated carbocycles. The molecule has 1 aromatic heterocycles. The van der Waals surface area contributed by atoms with E-state index in [2.05, 4.69) is 11.3 Å². The Morgan fingerprint density at radius 3 is 3.15 bits per heavy atom. The van der Waals surface area contributed by atoms with Crippen molar-refractivity contribution in [1.82, 2.24) is 4.37 Å². The average molecular weight is 198 g/mol. The molecule has 3 nitrogen and oxygen atoms in total. The van der Waals surface area contributed by atoms with Gasteiger partial charge in [-0.2, -0.15) is 4.37 Å². The largest absolute Gasteiger partial charge is 0.378 e. The third kappa shape index (κ3) is 1.75. The number of ether oxygens (including phenoxy) is 1. The van der Waals surface area contributed by atoms with Gasteiger partial charge in [-0.05, 0) is 30.9 Å². The smallest absolute Gasteiger partial charge is 0.0713 e. The van der Waals surface area contributed by atoms with Crippen LogP contribution in [0.15, 0.2) is 11.4 Å². The van der Waals surface area contributed by atoms with Crippen LogP contribution in [-0.4, -0.2) is 17.1 Å². The molecule has 1 fully saturated rings. The lowest BCUT2D eigenvalue weighted by Gasteiger charge is -2.19. The van der Waals surface area contributed by atoms with E-state index in [1.807, 2.05) is 11.4 Å². The van der Waals surface area contributed by atoms with E-state index in [0.717, 1.165) is 18.7 Å². The molecule has 13 heavy (non-hydrogen) atoms. The highest BCUT2D eigenvalue weighted by molar-refractivity contribution is 7.03. The first-order chi connectivity index (χ1) is 6.29. The summed E-state index contributed by atoms with van der Waals surface area (Å²) in [5, 5.41) is 1.97. The van der Waals surface area contributed by atoms with Crippen LogP contribution in [0.1, 0.15) is 25.1 Å². The maximum absolute atomic E-state index is 6.10. The van der Waals surface area contributed by atoms with Gasteiger partial charge in [0.2, 0.25) is 0 Å². The molecule has 2 N–H and O–H groups in total. The normalized spacial score (nSPS) is 30.6. The molecule has 0 spiro atoms. The zero-order valence-corrected chi connectivity index (χ0v) is 8.46. The molecule has 1 aliphatic rings. The van der Waals surface area contributed by atoms with Gasteiger partial charge in [-0.1, -0.05) is 0 Å². The van der Waals surface area contributed by atoms with Crippen LogP contribution in [0.3, 0.4) is 0 Å². The Bertz CT molecular complexity index is 263. The molecule has 0 aromatic carbocycles. The summed E-state index contributed by atoms with van der Waals surface area (Å²) in [6.07, 6.45) is 1.33. The van der Waals surface area contributed by atoms with E-state index in [-0.39, 0.29) is 12.1 Å². The van der Waals surface area contributed by atoms with Crippen molar-refractivity contribution in [1.29, 1.82) is 0 Å². The van der Waals surface area contributed by atoms with Crippen LogP contribution in [0.25, 0.3) is 0 Å². The first-order valence-corrected chi connectivity index (χ1v) is 5.40. The van der Waals surface area contributed by atoms with Crippen molar-refractivity contribution in [2.45, 2.75) is 25.5 Å². The predicted molar refractivity (Wildman–Crippen MR) is 52.6 cm³/mol. The van der Waals surface area contributed by atoms with E-state index >= 15 is 0 Å². The Kier molecular flexibility index (Phi) is 2.62. The molecule has 1 aliphatic heterocycles. The fourth-order valence-electron chi connectivity index (χ4n) is 1.83. The van der Waals surface area contributed by atoms with Gasteiger partial charge < -0.3 is 10.5 Å². The molecule has 0 aliphatic carbocycles. The Balaban J connectivity index is 2.08. The maximum atomic E-state index is 6.10. The maximum Gasteiger partial charge on any atom is 0.0713 e. The van der Waals surface area contributed by atoms with Crippen LogP contribution in [0.5, 0.6) is 0 Å². The summed E-state index contributed by atoms with van der Waals surface area (Å²) in [6.45, 7) is 2.92. The van der Waals surface area contributed by atoms with Crippen molar-refractivity contribution in [3.05, 3.63) is 17.1 Å². The number of hydrogen-bond acceptors (Lipinski definition) is 4. The minimum absolute atomic E-state index is 0.0451. The van der Waals surface area contributed by atoms with Crippen LogP contribution in [0.2, 0.25) is 0 Å². The number of aromatic nitrogens is 1. The van der Waals surface area contributed by atoms with Gasteiger partial charge >= 0.3 is 0 Å². The average Bonchev–Trinajstić information content (AvgIpc) is 2.72. The van der Waals surface area contributed by atoms with Gasteiger partial charge in [-0.3, -0.25) is 0 Å². The van der Waals surface area contributed by atoms with Crippen LogP contribution < -0.4 is 5.73 Å². The SMILES string of the molecule is CC1OCCC1C(N)c1ccsn1. The van der Waals surface area contributed by atoms with Gasteiger partial charge in [0.1, 0.15) is 0 Å². The van der Waals surface area contributed by atoms with Crippen molar-refractivity contribution in [2.75, 3.05) is 6.61 Å². The second-order valence-corrected chi connectivity index (χ2v) is 4.14. The minimum Gasteiger partial charge on any atom is -0.378 e. The molecule has 0 bridgehead atoms. The molecule has 3 atom stereocenters. The van der Waals surface area contributed by atoms with E-state index < -0.39 is 0 Å². The van der Waals surface area contributed by atoms with E-state index in [1.54, 1.807) is 0 Å². The fraction of sp³-hybridized carbons (Fsp3) is 0.667. The van der Waals surface area contributed by atoms with Crippen LogP contribution in [0.4, 0.5) is 0 Å². The standard InChI is InChI=1S/C9H14N2OS/c1-6-7(2-4-12-6)9(10)8-3-5-13-11-8/h3,5-7,9H,2,4,10H2,1H3. The lowest BCUT2D eigenvalue weighted by Crippen LogP contribution is -2.26. The summed E-state index contributed by atoms with van der Waals surface area (Å²) in [6, 6.07) is 2.05.